The molecule has 0 heteroatoms. The Kier molecular flexibility index (Phi) is 12.6. The lowest BCUT2D eigenvalue weighted by Crippen LogP contribution is -2.10. The number of hydrogen-bond acceptors (Lipinski definition) is 0. The molecular formula is C29H50. The zero-order valence-corrected chi connectivity index (χ0v) is 20.9. The van der Waals surface area contributed by atoms with Crippen molar-refractivity contribution in [3.8, 4) is 0 Å². The van der Waals surface area contributed by atoms with Gasteiger partial charge in [0.15, 0.2) is 0 Å². The Labute approximate surface area is 183 Å². The van der Waals surface area contributed by atoms with Crippen molar-refractivity contribution in [3.05, 3.63) is 47.6 Å². The summed E-state index contributed by atoms with van der Waals surface area (Å²) in [6.45, 7) is 18.6. The molecule has 0 aliphatic heterocycles. The fourth-order valence-electron chi connectivity index (χ4n) is 4.17. The number of hydrogen-bond donors (Lipinski definition) is 0. The summed E-state index contributed by atoms with van der Waals surface area (Å²) in [5.74, 6) is 4.33. The lowest BCUT2D eigenvalue weighted by atomic mass is 9.82. The molecule has 0 spiro atoms. The maximum Gasteiger partial charge on any atom is -0.00485 e. The van der Waals surface area contributed by atoms with Crippen LogP contribution in [0, 0.1) is 35.5 Å². The molecule has 29 heavy (non-hydrogen) atoms. The van der Waals surface area contributed by atoms with Gasteiger partial charge in [-0.25, -0.2) is 0 Å². The van der Waals surface area contributed by atoms with Crippen LogP contribution in [0.4, 0.5) is 0 Å². The molecular weight excluding hydrogens is 348 g/mol. The van der Waals surface area contributed by atoms with E-state index in [0.717, 1.165) is 18.3 Å². The summed E-state index contributed by atoms with van der Waals surface area (Å²) in [5, 5.41) is 0. The molecule has 0 nitrogen and oxygen atoms in total. The van der Waals surface area contributed by atoms with E-state index in [0.29, 0.717) is 23.7 Å². The molecule has 0 heterocycles. The molecule has 166 valence electrons. The predicted molar refractivity (Wildman–Crippen MR) is 133 cm³/mol. The third-order valence-corrected chi connectivity index (χ3v) is 6.94. The standard InChI is InChI=1S/C29H50/c1-9-29(27(8)15-10-22(2)3)21-17-26(7)25(6)16-11-23(4)12-18-28-19-13-24(5)14-20-28/h10,12,15,17-18,21-25,27-28H,9,11,13-14,16,19-20H2,1-8H3/b15-10-,18-12+,26-17+,29-21+. The third-order valence-electron chi connectivity index (χ3n) is 6.94. The molecule has 0 bridgehead atoms. The molecule has 0 amide bonds. The molecule has 1 rings (SSSR count). The normalized spacial score (nSPS) is 25.1. The largest absolute Gasteiger partial charge is 0.0854 e. The highest BCUT2D eigenvalue weighted by atomic mass is 14.2. The number of allylic oxidation sites excluding steroid dienone is 8. The Morgan fingerprint density at radius 3 is 2.10 bits per heavy atom. The Balaban J connectivity index is 2.49. The Morgan fingerprint density at radius 1 is 0.862 bits per heavy atom. The molecule has 1 fully saturated rings. The van der Waals surface area contributed by atoms with Crippen LogP contribution in [0.1, 0.15) is 100 Å². The third kappa shape index (κ3) is 11.1. The van der Waals surface area contributed by atoms with Crippen molar-refractivity contribution in [3.63, 3.8) is 0 Å². The Bertz CT molecular complexity index is 549. The minimum atomic E-state index is 0.537. The summed E-state index contributed by atoms with van der Waals surface area (Å²) in [5.41, 5.74) is 3.06. The summed E-state index contributed by atoms with van der Waals surface area (Å²) >= 11 is 0. The molecule has 0 N–H and O–H groups in total. The van der Waals surface area contributed by atoms with Gasteiger partial charge in [-0.3, -0.25) is 0 Å². The molecule has 1 aliphatic carbocycles. The first-order valence-corrected chi connectivity index (χ1v) is 12.5. The smallest absolute Gasteiger partial charge is 0.00485 e. The van der Waals surface area contributed by atoms with E-state index in [1.807, 2.05) is 0 Å². The number of rotatable bonds is 11. The van der Waals surface area contributed by atoms with Gasteiger partial charge in [0.2, 0.25) is 0 Å². The van der Waals surface area contributed by atoms with Gasteiger partial charge in [0, 0.05) is 0 Å². The maximum atomic E-state index is 2.53. The van der Waals surface area contributed by atoms with Crippen LogP contribution in [0.25, 0.3) is 0 Å². The molecule has 0 aromatic rings. The van der Waals surface area contributed by atoms with Crippen molar-refractivity contribution in [2.24, 2.45) is 35.5 Å². The molecule has 3 atom stereocenters. The van der Waals surface area contributed by atoms with Crippen molar-refractivity contribution < 1.29 is 0 Å². The van der Waals surface area contributed by atoms with Crippen LogP contribution in [0.3, 0.4) is 0 Å². The van der Waals surface area contributed by atoms with Crippen molar-refractivity contribution >= 4 is 0 Å². The van der Waals surface area contributed by atoms with Gasteiger partial charge in [0.1, 0.15) is 0 Å². The van der Waals surface area contributed by atoms with Crippen LogP contribution in [-0.2, 0) is 0 Å². The Hall–Kier alpha value is -1.04. The van der Waals surface area contributed by atoms with Crippen molar-refractivity contribution in [2.75, 3.05) is 0 Å². The van der Waals surface area contributed by atoms with E-state index in [9.17, 15) is 0 Å². The molecule has 3 unspecified atom stereocenters. The van der Waals surface area contributed by atoms with Gasteiger partial charge >= 0.3 is 0 Å². The van der Waals surface area contributed by atoms with Gasteiger partial charge in [0.25, 0.3) is 0 Å². The highest BCUT2D eigenvalue weighted by molar-refractivity contribution is 5.22. The van der Waals surface area contributed by atoms with Gasteiger partial charge < -0.3 is 0 Å². The minimum absolute atomic E-state index is 0.537. The lowest BCUT2D eigenvalue weighted by molar-refractivity contribution is 0.329. The highest BCUT2D eigenvalue weighted by Crippen LogP contribution is 2.30. The molecule has 0 radical (unpaired) electrons. The second kappa shape index (κ2) is 14.1. The van der Waals surface area contributed by atoms with Crippen molar-refractivity contribution in [1.29, 1.82) is 0 Å². The summed E-state index contributed by atoms with van der Waals surface area (Å²) < 4.78 is 0. The van der Waals surface area contributed by atoms with Crippen LogP contribution < -0.4 is 0 Å². The van der Waals surface area contributed by atoms with E-state index in [-0.39, 0.29) is 0 Å². The van der Waals surface area contributed by atoms with Crippen LogP contribution in [-0.4, -0.2) is 0 Å². The zero-order valence-electron chi connectivity index (χ0n) is 20.9. The fourth-order valence-corrected chi connectivity index (χ4v) is 4.17. The quantitative estimate of drug-likeness (QED) is 0.240. The predicted octanol–water partition coefficient (Wildman–Crippen LogP) is 9.55. The second-order valence-corrected chi connectivity index (χ2v) is 10.3. The molecule has 1 saturated carbocycles. The second-order valence-electron chi connectivity index (χ2n) is 10.3. The molecule has 0 aromatic heterocycles. The zero-order chi connectivity index (χ0) is 21.8. The summed E-state index contributed by atoms with van der Waals surface area (Å²) in [7, 11) is 0. The topological polar surface area (TPSA) is 0 Å². The van der Waals surface area contributed by atoms with E-state index < -0.39 is 0 Å². The van der Waals surface area contributed by atoms with Gasteiger partial charge in [0.05, 0.1) is 0 Å². The van der Waals surface area contributed by atoms with Crippen LogP contribution in [0.2, 0.25) is 0 Å². The van der Waals surface area contributed by atoms with Crippen molar-refractivity contribution in [2.45, 2.75) is 100 Å². The molecule has 0 saturated heterocycles. The summed E-state index contributed by atoms with van der Waals surface area (Å²) in [6, 6.07) is 0. The van der Waals surface area contributed by atoms with E-state index in [4.69, 9.17) is 0 Å². The first-order chi connectivity index (χ1) is 13.7. The van der Waals surface area contributed by atoms with E-state index in [1.165, 1.54) is 49.7 Å². The van der Waals surface area contributed by atoms with E-state index in [1.54, 1.807) is 0 Å². The summed E-state index contributed by atoms with van der Waals surface area (Å²) in [4.78, 5) is 0. The Morgan fingerprint density at radius 2 is 1.52 bits per heavy atom. The van der Waals surface area contributed by atoms with Crippen LogP contribution in [0.15, 0.2) is 47.6 Å². The first kappa shape index (κ1) is 26.0. The van der Waals surface area contributed by atoms with Gasteiger partial charge in [-0.05, 0) is 74.5 Å². The van der Waals surface area contributed by atoms with Crippen molar-refractivity contribution in [1.82, 2.24) is 0 Å². The average molecular weight is 399 g/mol. The lowest BCUT2D eigenvalue weighted by Gasteiger charge is -2.24. The van der Waals surface area contributed by atoms with E-state index >= 15 is 0 Å². The van der Waals surface area contributed by atoms with Crippen LogP contribution >= 0.6 is 0 Å². The minimum Gasteiger partial charge on any atom is -0.0854 e. The van der Waals surface area contributed by atoms with Gasteiger partial charge in [-0.2, -0.15) is 0 Å². The monoisotopic (exact) mass is 398 g/mol. The van der Waals surface area contributed by atoms with Gasteiger partial charge in [-0.15, -0.1) is 0 Å². The fraction of sp³-hybridized carbons (Fsp3) is 0.724. The summed E-state index contributed by atoms with van der Waals surface area (Å²) in [6.07, 6.45) is 23.9. The SMILES string of the molecule is CC/C(=C\C=C(/C)C(C)CCC(C)/C=C/C1CCC(C)CC1)C(C)/C=C\C(C)C. The molecule has 1 aliphatic rings. The molecule has 0 aromatic carbocycles. The average Bonchev–Trinajstić information content (AvgIpc) is 2.70. The van der Waals surface area contributed by atoms with Crippen LogP contribution in [0.5, 0.6) is 0 Å². The first-order valence-electron chi connectivity index (χ1n) is 12.5. The maximum absolute atomic E-state index is 2.53. The van der Waals surface area contributed by atoms with E-state index in [2.05, 4.69) is 91.8 Å². The highest BCUT2D eigenvalue weighted by Gasteiger charge is 2.16. The van der Waals surface area contributed by atoms with Gasteiger partial charge in [-0.1, -0.05) is 109 Å².